The van der Waals surface area contributed by atoms with E-state index in [0.717, 1.165) is 37.2 Å². The number of aromatic nitrogens is 1. The Morgan fingerprint density at radius 1 is 1.06 bits per heavy atom. The Kier molecular flexibility index (Phi) is 12.8. The lowest BCUT2D eigenvalue weighted by atomic mass is 9.73. The Hall–Kier alpha value is -3.41. The lowest BCUT2D eigenvalue weighted by Crippen LogP contribution is -2.47. The zero-order valence-electron chi connectivity index (χ0n) is 28.2. The molecule has 2 unspecified atom stereocenters. The number of ether oxygens (including phenoxy) is 4. The number of carbonyl (C=O) groups is 2. The second-order valence-electron chi connectivity index (χ2n) is 12.6. The van der Waals surface area contributed by atoms with Crippen LogP contribution in [0.1, 0.15) is 58.0 Å². The van der Waals surface area contributed by atoms with Gasteiger partial charge in [0.1, 0.15) is 17.1 Å². The number of carbonyl (C=O) groups excluding carboxylic acids is 2. The molecule has 9 nitrogen and oxygen atoms in total. The Balaban J connectivity index is 1.27. The summed E-state index contributed by atoms with van der Waals surface area (Å²) in [6.45, 7) is 4.72. The zero-order valence-corrected chi connectivity index (χ0v) is 30.6. The number of hydrogen-bond donors (Lipinski definition) is 1. The molecule has 0 saturated carbocycles. The van der Waals surface area contributed by atoms with Crippen LogP contribution in [0.5, 0.6) is 11.5 Å². The number of nitrogens with one attached hydrogen (secondary N) is 1. The van der Waals surface area contributed by atoms with Crippen LogP contribution >= 0.6 is 34.5 Å². The molecular formula is C37H43Cl2N3O6S. The summed E-state index contributed by atoms with van der Waals surface area (Å²) in [4.78, 5) is 34.9. The van der Waals surface area contributed by atoms with Gasteiger partial charge in [0.25, 0.3) is 0 Å². The number of allylic oxidation sites excluding steroid dienone is 4. The van der Waals surface area contributed by atoms with Crippen molar-refractivity contribution >= 4 is 46.5 Å². The minimum Gasteiger partial charge on any atom is -0.493 e. The number of esters is 2. The summed E-state index contributed by atoms with van der Waals surface area (Å²) in [6.07, 6.45) is 13.1. The molecule has 1 aliphatic heterocycles. The fourth-order valence-corrected chi connectivity index (χ4v) is 7.49. The highest BCUT2D eigenvalue weighted by Crippen LogP contribution is 2.37. The highest BCUT2D eigenvalue weighted by molar-refractivity contribution is 7.13. The molecule has 49 heavy (non-hydrogen) atoms. The van der Waals surface area contributed by atoms with Gasteiger partial charge in [-0.1, -0.05) is 53.6 Å². The quantitative estimate of drug-likeness (QED) is 0.170. The summed E-state index contributed by atoms with van der Waals surface area (Å²) in [7, 11) is 5.19. The van der Waals surface area contributed by atoms with Crippen molar-refractivity contribution in [3.05, 3.63) is 98.0 Å². The molecule has 0 bridgehead atoms. The van der Waals surface area contributed by atoms with Gasteiger partial charge in [0, 0.05) is 49.9 Å². The third kappa shape index (κ3) is 9.23. The fourth-order valence-electron chi connectivity index (χ4n) is 6.11. The number of thiophene rings is 1. The summed E-state index contributed by atoms with van der Waals surface area (Å²) in [5.74, 6) is 0.399. The molecule has 1 N–H and O–H groups in total. The average molecular weight is 729 g/mol. The highest BCUT2D eigenvalue weighted by Gasteiger charge is 2.42. The minimum atomic E-state index is -0.758. The SMILES string of the molecule is COc1ccc([C@H](Cc2c(Cl)cncc2Cl)OC(=O)c2ccc(CNCC(C)(C(=O)OC3CCN(C)CC3)C3C=CC=CC3)s2)cc1OC. The van der Waals surface area contributed by atoms with Gasteiger partial charge in [-0.3, -0.25) is 9.78 Å². The van der Waals surface area contributed by atoms with Gasteiger partial charge < -0.3 is 29.2 Å². The van der Waals surface area contributed by atoms with Crippen LogP contribution in [0.4, 0.5) is 0 Å². The molecule has 5 rings (SSSR count). The Labute approximate surface area is 302 Å². The minimum absolute atomic E-state index is 0.00792. The molecule has 2 aliphatic rings. The van der Waals surface area contributed by atoms with Gasteiger partial charge in [0.05, 0.1) is 29.7 Å². The molecule has 12 heteroatoms. The van der Waals surface area contributed by atoms with Gasteiger partial charge in [0.15, 0.2) is 11.5 Å². The first-order valence-corrected chi connectivity index (χ1v) is 17.9. The van der Waals surface area contributed by atoms with Crippen molar-refractivity contribution in [2.75, 3.05) is 40.9 Å². The van der Waals surface area contributed by atoms with E-state index in [2.05, 4.69) is 34.4 Å². The molecule has 1 aromatic carbocycles. The number of nitrogens with zero attached hydrogens (tertiary/aromatic N) is 2. The van der Waals surface area contributed by atoms with Gasteiger partial charge in [-0.2, -0.15) is 0 Å². The van der Waals surface area contributed by atoms with Gasteiger partial charge >= 0.3 is 11.9 Å². The molecule has 3 aromatic rings. The van der Waals surface area contributed by atoms with E-state index in [1.807, 2.05) is 31.2 Å². The van der Waals surface area contributed by atoms with E-state index in [-0.39, 0.29) is 24.4 Å². The molecule has 0 spiro atoms. The lowest BCUT2D eigenvalue weighted by molar-refractivity contribution is -0.165. The number of pyridine rings is 1. The zero-order chi connectivity index (χ0) is 35.0. The number of rotatable bonds is 14. The van der Waals surface area contributed by atoms with Crippen LogP contribution in [0.2, 0.25) is 10.0 Å². The summed E-state index contributed by atoms with van der Waals surface area (Å²) in [5, 5.41) is 4.23. The van der Waals surface area contributed by atoms with Crippen molar-refractivity contribution in [3.63, 3.8) is 0 Å². The molecule has 2 aromatic heterocycles. The fraction of sp³-hybridized carbons (Fsp3) is 0.432. The number of likely N-dealkylation sites (tertiary alicyclic amines) is 1. The first kappa shape index (κ1) is 36.9. The van der Waals surface area contributed by atoms with Gasteiger partial charge in [-0.25, -0.2) is 4.79 Å². The smallest absolute Gasteiger partial charge is 0.348 e. The maximum Gasteiger partial charge on any atom is 0.348 e. The first-order valence-electron chi connectivity index (χ1n) is 16.3. The normalized spacial score (nSPS) is 18.4. The molecular weight excluding hydrogens is 685 g/mol. The van der Waals surface area contributed by atoms with Gasteiger partial charge in [-0.15, -0.1) is 11.3 Å². The summed E-state index contributed by atoms with van der Waals surface area (Å²) in [6, 6.07) is 9.00. The molecule has 1 fully saturated rings. The van der Waals surface area contributed by atoms with Crippen LogP contribution in [0.3, 0.4) is 0 Å². The standard InChI is InChI=1S/C37H43Cl2N3O6S/c1-37(25-8-6-5-7-9-25,36(44)47-26-14-16-42(2)17-15-26)23-41-20-27-11-13-34(49-27)35(43)48-32(19-28-29(38)21-40-22-30(28)39)24-10-12-31(45-3)33(18-24)46-4/h5-8,10-13,18,21-22,25-26,32,41H,9,14-17,19-20,23H2,1-4H3/t25?,32-,37?/m0/s1. The Morgan fingerprint density at radius 2 is 1.80 bits per heavy atom. The van der Waals surface area contributed by atoms with Crippen LogP contribution in [-0.4, -0.2) is 68.8 Å². The van der Waals surface area contributed by atoms with Gasteiger partial charge in [0.2, 0.25) is 0 Å². The second kappa shape index (κ2) is 17.0. The molecule has 0 amide bonds. The number of hydrogen-bond acceptors (Lipinski definition) is 10. The van der Waals surface area contributed by atoms with Crippen molar-refractivity contribution in [2.45, 2.75) is 51.4 Å². The maximum atomic E-state index is 13.7. The van der Waals surface area contributed by atoms with E-state index in [4.69, 9.17) is 42.1 Å². The molecule has 1 saturated heterocycles. The van der Waals surface area contributed by atoms with Crippen molar-refractivity contribution in [3.8, 4) is 11.5 Å². The lowest BCUT2D eigenvalue weighted by Gasteiger charge is -2.37. The molecule has 0 radical (unpaired) electrons. The molecule has 1 aliphatic carbocycles. The predicted octanol–water partition coefficient (Wildman–Crippen LogP) is 7.47. The van der Waals surface area contributed by atoms with E-state index in [1.165, 1.54) is 23.7 Å². The van der Waals surface area contributed by atoms with Crippen molar-refractivity contribution in [1.29, 1.82) is 0 Å². The number of benzene rings is 1. The van der Waals surface area contributed by atoms with Crippen LogP contribution in [0.15, 0.2) is 67.0 Å². The second-order valence-corrected chi connectivity index (χ2v) is 14.6. The van der Waals surface area contributed by atoms with E-state index in [9.17, 15) is 9.59 Å². The van der Waals surface area contributed by atoms with Crippen molar-refractivity contribution in [1.82, 2.24) is 15.2 Å². The number of halogens is 2. The van der Waals surface area contributed by atoms with E-state index < -0.39 is 17.5 Å². The van der Waals surface area contributed by atoms with Crippen molar-refractivity contribution < 1.29 is 28.5 Å². The van der Waals surface area contributed by atoms with Crippen LogP contribution in [-0.2, 0) is 27.2 Å². The van der Waals surface area contributed by atoms with E-state index in [0.29, 0.717) is 50.6 Å². The summed E-state index contributed by atoms with van der Waals surface area (Å²) >= 11 is 14.2. The largest absolute Gasteiger partial charge is 0.493 e. The Morgan fingerprint density at radius 3 is 2.47 bits per heavy atom. The summed E-state index contributed by atoms with van der Waals surface area (Å²) in [5.41, 5.74) is 0.542. The van der Waals surface area contributed by atoms with Crippen LogP contribution in [0, 0.1) is 11.3 Å². The summed E-state index contributed by atoms with van der Waals surface area (Å²) < 4.78 is 23.1. The number of piperidine rings is 1. The molecule has 3 atom stereocenters. The van der Waals surface area contributed by atoms with Crippen LogP contribution < -0.4 is 14.8 Å². The predicted molar refractivity (Wildman–Crippen MR) is 193 cm³/mol. The third-order valence-electron chi connectivity index (χ3n) is 9.23. The van der Waals surface area contributed by atoms with E-state index >= 15 is 0 Å². The average Bonchev–Trinajstić information content (AvgIpc) is 3.59. The number of methoxy groups -OCH3 is 2. The van der Waals surface area contributed by atoms with Crippen molar-refractivity contribution in [2.24, 2.45) is 11.3 Å². The Bertz CT molecular complexity index is 1650. The monoisotopic (exact) mass is 727 g/mol. The van der Waals surface area contributed by atoms with E-state index in [1.54, 1.807) is 32.4 Å². The third-order valence-corrected chi connectivity index (χ3v) is 10.9. The topological polar surface area (TPSA) is 99.2 Å². The maximum absolute atomic E-state index is 13.7. The van der Waals surface area contributed by atoms with Gasteiger partial charge in [-0.05, 0) is 74.5 Å². The first-order chi connectivity index (χ1) is 23.6. The highest BCUT2D eigenvalue weighted by atomic mass is 35.5. The van der Waals surface area contributed by atoms with Crippen LogP contribution in [0.25, 0.3) is 0 Å². The molecule has 262 valence electrons. The molecule has 3 heterocycles.